The molecular weight excluding hydrogens is 192 g/mol. The van der Waals surface area contributed by atoms with E-state index in [1.807, 2.05) is 0 Å². The lowest BCUT2D eigenvalue weighted by atomic mass is 9.75. The highest BCUT2D eigenvalue weighted by Crippen LogP contribution is 2.35. The van der Waals surface area contributed by atoms with Gasteiger partial charge in [-0.25, -0.2) is 4.79 Å². The number of esters is 1. The molecule has 0 unspecified atom stereocenters. The Morgan fingerprint density at radius 1 is 1.40 bits per heavy atom. The molecular formula is C12H20O3. The second kappa shape index (κ2) is 5.29. The number of hydrogen-bond acceptors (Lipinski definition) is 3. The molecule has 0 amide bonds. The van der Waals surface area contributed by atoms with Crippen LogP contribution in [0.25, 0.3) is 0 Å². The molecule has 1 saturated carbocycles. The Hall–Kier alpha value is -0.860. The summed E-state index contributed by atoms with van der Waals surface area (Å²) in [4.78, 5) is 21.2. The number of carbonyl (C=O) groups is 2. The highest BCUT2D eigenvalue weighted by Gasteiger charge is 2.33. The molecule has 0 bridgehead atoms. The lowest BCUT2D eigenvalue weighted by Gasteiger charge is -2.36. The van der Waals surface area contributed by atoms with Crippen molar-refractivity contribution in [2.45, 2.75) is 46.1 Å². The number of rotatable bonds is 3. The molecule has 3 atom stereocenters. The van der Waals surface area contributed by atoms with Crippen molar-refractivity contribution in [3.05, 3.63) is 0 Å². The van der Waals surface area contributed by atoms with Gasteiger partial charge in [-0.2, -0.15) is 0 Å². The fraction of sp³-hybridized carbons (Fsp3) is 0.833. The van der Waals surface area contributed by atoms with Crippen LogP contribution >= 0.6 is 0 Å². The van der Waals surface area contributed by atoms with Crippen LogP contribution in [-0.2, 0) is 14.3 Å². The maximum absolute atomic E-state index is 10.9. The van der Waals surface area contributed by atoms with Gasteiger partial charge in [0.15, 0.2) is 0 Å². The summed E-state index contributed by atoms with van der Waals surface area (Å²) >= 11 is 0. The van der Waals surface area contributed by atoms with E-state index in [9.17, 15) is 9.59 Å². The third-order valence-electron chi connectivity index (χ3n) is 3.32. The van der Waals surface area contributed by atoms with Gasteiger partial charge in [0.25, 0.3) is 0 Å². The predicted octanol–water partition coefficient (Wildman–Crippen LogP) is 2.19. The normalized spacial score (nSPS) is 31.3. The van der Waals surface area contributed by atoms with Crippen LogP contribution in [-0.4, -0.2) is 18.4 Å². The summed E-state index contributed by atoms with van der Waals surface area (Å²) in [6, 6.07) is 0. The average molecular weight is 212 g/mol. The molecule has 0 spiro atoms. The van der Waals surface area contributed by atoms with Crippen molar-refractivity contribution in [1.29, 1.82) is 0 Å². The van der Waals surface area contributed by atoms with E-state index in [1.165, 1.54) is 0 Å². The van der Waals surface area contributed by atoms with Crippen LogP contribution in [0, 0.1) is 17.8 Å². The number of aldehydes is 1. The summed E-state index contributed by atoms with van der Waals surface area (Å²) in [7, 11) is 0. The van der Waals surface area contributed by atoms with Crippen LogP contribution in [0.1, 0.15) is 40.0 Å². The summed E-state index contributed by atoms with van der Waals surface area (Å²) in [6.45, 7) is 6.52. The van der Waals surface area contributed by atoms with Crippen molar-refractivity contribution in [1.82, 2.24) is 0 Å². The van der Waals surface area contributed by atoms with Crippen molar-refractivity contribution in [3.8, 4) is 0 Å². The van der Waals surface area contributed by atoms with Crippen LogP contribution in [0.3, 0.4) is 0 Å². The maximum Gasteiger partial charge on any atom is 0.371 e. The fourth-order valence-electron chi connectivity index (χ4n) is 2.42. The number of hydrogen-bond donors (Lipinski definition) is 0. The number of ether oxygens (including phenoxy) is 1. The third kappa shape index (κ3) is 3.33. The van der Waals surface area contributed by atoms with Crippen LogP contribution in [0.5, 0.6) is 0 Å². The Morgan fingerprint density at radius 3 is 2.60 bits per heavy atom. The van der Waals surface area contributed by atoms with Gasteiger partial charge in [0.1, 0.15) is 6.10 Å². The Morgan fingerprint density at radius 2 is 2.07 bits per heavy atom. The van der Waals surface area contributed by atoms with Crippen molar-refractivity contribution < 1.29 is 14.3 Å². The molecule has 1 fully saturated rings. The zero-order chi connectivity index (χ0) is 11.4. The largest absolute Gasteiger partial charge is 0.457 e. The first-order valence-electron chi connectivity index (χ1n) is 5.70. The minimum Gasteiger partial charge on any atom is -0.457 e. The quantitative estimate of drug-likeness (QED) is 0.409. The van der Waals surface area contributed by atoms with Crippen molar-refractivity contribution in [2.24, 2.45) is 17.8 Å². The van der Waals surface area contributed by atoms with Crippen LogP contribution in [0.4, 0.5) is 0 Å². The SMILES string of the molecule is CC(C)[C@@H]1C[C@@H](C)CC[C@H]1OC(=O)C=O. The van der Waals surface area contributed by atoms with E-state index in [0.29, 0.717) is 17.8 Å². The van der Waals surface area contributed by atoms with E-state index in [-0.39, 0.29) is 12.4 Å². The minimum atomic E-state index is -0.722. The van der Waals surface area contributed by atoms with Gasteiger partial charge in [-0.1, -0.05) is 20.8 Å². The molecule has 86 valence electrons. The first-order valence-corrected chi connectivity index (χ1v) is 5.70. The van der Waals surface area contributed by atoms with E-state index in [0.717, 1.165) is 19.3 Å². The second-order valence-corrected chi connectivity index (χ2v) is 4.92. The maximum atomic E-state index is 10.9. The van der Waals surface area contributed by atoms with Crippen molar-refractivity contribution in [2.75, 3.05) is 0 Å². The Bertz CT molecular complexity index is 235. The molecule has 3 heteroatoms. The molecule has 0 saturated heterocycles. The summed E-state index contributed by atoms with van der Waals surface area (Å²) < 4.78 is 5.16. The Labute approximate surface area is 91.2 Å². The molecule has 0 aromatic heterocycles. The van der Waals surface area contributed by atoms with E-state index < -0.39 is 5.97 Å². The summed E-state index contributed by atoms with van der Waals surface area (Å²) in [5.41, 5.74) is 0. The third-order valence-corrected chi connectivity index (χ3v) is 3.32. The molecule has 3 nitrogen and oxygen atoms in total. The Balaban J connectivity index is 2.60. The van der Waals surface area contributed by atoms with E-state index in [1.54, 1.807) is 0 Å². The fourth-order valence-corrected chi connectivity index (χ4v) is 2.42. The van der Waals surface area contributed by atoms with Crippen molar-refractivity contribution in [3.63, 3.8) is 0 Å². The van der Waals surface area contributed by atoms with E-state index >= 15 is 0 Å². The second-order valence-electron chi connectivity index (χ2n) is 4.92. The Kier molecular flexibility index (Phi) is 4.30. The lowest BCUT2D eigenvalue weighted by Crippen LogP contribution is -2.35. The molecule has 0 radical (unpaired) electrons. The molecule has 0 heterocycles. The van der Waals surface area contributed by atoms with Crippen LogP contribution < -0.4 is 0 Å². The standard InChI is InChI=1S/C12H20O3/c1-8(2)10-6-9(3)4-5-11(10)15-12(14)7-13/h7-11H,4-6H2,1-3H3/t9-,10-,11+/m0/s1. The average Bonchev–Trinajstić information content (AvgIpc) is 2.20. The van der Waals surface area contributed by atoms with E-state index in [4.69, 9.17) is 4.74 Å². The lowest BCUT2D eigenvalue weighted by molar-refractivity contribution is -0.158. The monoisotopic (exact) mass is 212 g/mol. The molecule has 0 aromatic rings. The molecule has 0 aliphatic heterocycles. The van der Waals surface area contributed by atoms with Gasteiger partial charge in [-0.15, -0.1) is 0 Å². The smallest absolute Gasteiger partial charge is 0.371 e. The zero-order valence-electron chi connectivity index (χ0n) is 9.73. The molecule has 15 heavy (non-hydrogen) atoms. The minimum absolute atomic E-state index is 0.0566. The summed E-state index contributed by atoms with van der Waals surface area (Å²) in [5.74, 6) is 0.874. The molecule has 0 N–H and O–H groups in total. The zero-order valence-corrected chi connectivity index (χ0v) is 9.73. The molecule has 1 rings (SSSR count). The summed E-state index contributed by atoms with van der Waals surface area (Å²) in [5, 5.41) is 0. The summed E-state index contributed by atoms with van der Waals surface area (Å²) in [6.07, 6.45) is 3.27. The van der Waals surface area contributed by atoms with Gasteiger partial charge in [0, 0.05) is 0 Å². The van der Waals surface area contributed by atoms with Crippen molar-refractivity contribution >= 4 is 12.3 Å². The van der Waals surface area contributed by atoms with Crippen LogP contribution in [0.15, 0.2) is 0 Å². The predicted molar refractivity (Wildman–Crippen MR) is 57.3 cm³/mol. The molecule has 1 aliphatic rings. The van der Waals surface area contributed by atoms with Gasteiger partial charge < -0.3 is 4.74 Å². The van der Waals surface area contributed by atoms with E-state index in [2.05, 4.69) is 20.8 Å². The first kappa shape index (κ1) is 12.2. The highest BCUT2D eigenvalue weighted by molar-refractivity contribution is 6.20. The van der Waals surface area contributed by atoms with Crippen LogP contribution in [0.2, 0.25) is 0 Å². The van der Waals surface area contributed by atoms with Gasteiger partial charge >= 0.3 is 5.97 Å². The van der Waals surface area contributed by atoms with Gasteiger partial charge in [-0.05, 0) is 37.0 Å². The molecule has 0 aromatic carbocycles. The van der Waals surface area contributed by atoms with Gasteiger partial charge in [0.2, 0.25) is 6.29 Å². The topological polar surface area (TPSA) is 43.4 Å². The first-order chi connectivity index (χ1) is 7.04. The van der Waals surface area contributed by atoms with Gasteiger partial charge in [0.05, 0.1) is 0 Å². The van der Waals surface area contributed by atoms with Gasteiger partial charge in [-0.3, -0.25) is 4.79 Å². The highest BCUT2D eigenvalue weighted by atomic mass is 16.5. The molecule has 1 aliphatic carbocycles. The number of carbonyl (C=O) groups excluding carboxylic acids is 2.